The Labute approximate surface area is 132 Å². The number of hydrogen-bond donors (Lipinski definition) is 0. The number of hydrogen-bond acceptors (Lipinski definition) is 5. The second-order valence-electron chi connectivity index (χ2n) is 5.02. The highest BCUT2D eigenvalue weighted by atomic mass is 32.2. The maximum absolute atomic E-state index is 11.7. The van der Waals surface area contributed by atoms with Crippen LogP contribution in [-0.2, 0) is 14.4 Å². The zero-order valence-electron chi connectivity index (χ0n) is 12.9. The molecule has 22 heavy (non-hydrogen) atoms. The van der Waals surface area contributed by atoms with E-state index in [4.69, 9.17) is 5.26 Å². The highest BCUT2D eigenvalue weighted by Crippen LogP contribution is 2.08. The van der Waals surface area contributed by atoms with Gasteiger partial charge in [0.1, 0.15) is 6.07 Å². The third-order valence-electron chi connectivity index (χ3n) is 3.14. The van der Waals surface area contributed by atoms with Crippen LogP contribution in [0.3, 0.4) is 0 Å². The van der Waals surface area contributed by atoms with Crippen molar-refractivity contribution in [3.05, 3.63) is 35.9 Å². The largest absolute Gasteiger partial charge is 0.328 e. The minimum Gasteiger partial charge on any atom is -0.267 e. The minimum absolute atomic E-state index is 0.0490. The summed E-state index contributed by atoms with van der Waals surface area (Å²) < 4.78 is 28.1. The predicted octanol–water partition coefficient (Wildman–Crippen LogP) is 3.62. The van der Waals surface area contributed by atoms with Crippen LogP contribution in [-0.4, -0.2) is 19.9 Å². The molecule has 0 amide bonds. The molecule has 0 atom stereocenters. The lowest BCUT2D eigenvalue weighted by Crippen LogP contribution is -2.09. The fourth-order valence-corrected chi connectivity index (χ4v) is 2.74. The zero-order chi connectivity index (χ0) is 16.3. The first-order valence-corrected chi connectivity index (χ1v) is 9.11. The third-order valence-corrected chi connectivity index (χ3v) is 4.23. The maximum atomic E-state index is 11.7. The van der Waals surface area contributed by atoms with E-state index in [1.165, 1.54) is 6.42 Å². The van der Waals surface area contributed by atoms with E-state index < -0.39 is 10.1 Å². The molecular formula is C16H22N2O3S. The molecule has 120 valence electrons. The Morgan fingerprint density at radius 1 is 1.14 bits per heavy atom. The fraction of sp³-hybridized carbons (Fsp3) is 0.500. The SMILES string of the molecule is CCCCCCCCS(=O)(=O)ON=C(C#N)c1ccccc1. The average Bonchev–Trinajstić information content (AvgIpc) is 2.52. The van der Waals surface area contributed by atoms with Crippen LogP contribution in [0.5, 0.6) is 0 Å². The van der Waals surface area contributed by atoms with Crippen LogP contribution in [0.15, 0.2) is 35.5 Å². The summed E-state index contributed by atoms with van der Waals surface area (Å²) >= 11 is 0. The van der Waals surface area contributed by atoms with E-state index in [2.05, 4.69) is 16.4 Å². The molecule has 0 saturated heterocycles. The van der Waals surface area contributed by atoms with Crippen LogP contribution < -0.4 is 0 Å². The van der Waals surface area contributed by atoms with Gasteiger partial charge in [0.2, 0.25) is 0 Å². The van der Waals surface area contributed by atoms with Crippen molar-refractivity contribution in [2.75, 3.05) is 5.75 Å². The molecule has 0 unspecified atom stereocenters. The van der Waals surface area contributed by atoms with Crippen molar-refractivity contribution in [1.29, 1.82) is 5.26 Å². The lowest BCUT2D eigenvalue weighted by atomic mass is 10.1. The van der Waals surface area contributed by atoms with Crippen molar-refractivity contribution >= 4 is 15.8 Å². The second kappa shape index (κ2) is 9.96. The molecule has 0 bridgehead atoms. The van der Waals surface area contributed by atoms with Gasteiger partial charge in [0.25, 0.3) is 0 Å². The summed E-state index contributed by atoms with van der Waals surface area (Å²) in [6.45, 7) is 2.13. The van der Waals surface area contributed by atoms with Crippen molar-refractivity contribution < 1.29 is 12.7 Å². The van der Waals surface area contributed by atoms with Crippen LogP contribution in [0.25, 0.3) is 0 Å². The van der Waals surface area contributed by atoms with Gasteiger partial charge in [-0.3, -0.25) is 4.28 Å². The topological polar surface area (TPSA) is 79.5 Å². The van der Waals surface area contributed by atoms with Gasteiger partial charge in [-0.2, -0.15) is 13.7 Å². The van der Waals surface area contributed by atoms with Gasteiger partial charge in [0, 0.05) is 5.56 Å². The van der Waals surface area contributed by atoms with Crippen molar-refractivity contribution in [3.8, 4) is 6.07 Å². The fourth-order valence-electron chi connectivity index (χ4n) is 1.92. The van der Waals surface area contributed by atoms with Crippen LogP contribution in [0, 0.1) is 11.3 Å². The van der Waals surface area contributed by atoms with E-state index in [0.29, 0.717) is 12.0 Å². The van der Waals surface area contributed by atoms with E-state index in [1.54, 1.807) is 30.3 Å². The molecule has 0 aliphatic rings. The molecule has 0 aliphatic heterocycles. The van der Waals surface area contributed by atoms with Crippen LogP contribution in [0.4, 0.5) is 0 Å². The Balaban J connectivity index is 2.47. The summed E-state index contributed by atoms with van der Waals surface area (Å²) in [7, 11) is -3.73. The number of nitriles is 1. The Kier molecular flexibility index (Phi) is 8.23. The van der Waals surface area contributed by atoms with Gasteiger partial charge in [-0.15, -0.1) is 0 Å². The van der Waals surface area contributed by atoms with Gasteiger partial charge in [-0.25, -0.2) is 0 Å². The quantitative estimate of drug-likeness (QED) is 0.374. The Morgan fingerprint density at radius 2 is 1.77 bits per heavy atom. The molecule has 0 fully saturated rings. The van der Waals surface area contributed by atoms with Gasteiger partial charge in [0.05, 0.1) is 5.75 Å². The van der Waals surface area contributed by atoms with E-state index in [1.807, 2.05) is 6.07 Å². The molecule has 0 N–H and O–H groups in total. The van der Waals surface area contributed by atoms with Gasteiger partial charge >= 0.3 is 10.1 Å². The van der Waals surface area contributed by atoms with E-state index >= 15 is 0 Å². The van der Waals surface area contributed by atoms with Crippen LogP contribution in [0.2, 0.25) is 0 Å². The summed E-state index contributed by atoms with van der Waals surface area (Å²) in [6.07, 6.45) is 5.90. The van der Waals surface area contributed by atoms with Crippen molar-refractivity contribution in [2.24, 2.45) is 5.16 Å². The van der Waals surface area contributed by atoms with E-state index in [-0.39, 0.29) is 11.5 Å². The first-order valence-electron chi connectivity index (χ1n) is 7.54. The van der Waals surface area contributed by atoms with E-state index in [9.17, 15) is 8.42 Å². The molecule has 0 aliphatic carbocycles. The number of oxime groups is 1. The molecule has 0 heterocycles. The van der Waals surface area contributed by atoms with Crippen molar-refractivity contribution in [1.82, 2.24) is 0 Å². The summed E-state index contributed by atoms with van der Waals surface area (Å²) in [5.41, 5.74) is 0.479. The predicted molar refractivity (Wildman–Crippen MR) is 86.8 cm³/mol. The maximum Gasteiger partial charge on any atom is 0.328 e. The van der Waals surface area contributed by atoms with E-state index in [0.717, 1.165) is 25.7 Å². The first kappa shape index (κ1) is 18.2. The molecule has 6 heteroatoms. The smallest absolute Gasteiger partial charge is 0.267 e. The number of rotatable bonds is 10. The summed E-state index contributed by atoms with van der Waals surface area (Å²) in [6, 6.07) is 10.5. The summed E-state index contributed by atoms with van der Waals surface area (Å²) in [5, 5.41) is 12.5. The van der Waals surface area contributed by atoms with Gasteiger partial charge < -0.3 is 0 Å². The Hall–Kier alpha value is -1.87. The van der Waals surface area contributed by atoms with Gasteiger partial charge in [-0.05, 0) is 6.42 Å². The molecule has 0 saturated carbocycles. The summed E-state index contributed by atoms with van der Waals surface area (Å²) in [4.78, 5) is 0. The molecule has 5 nitrogen and oxygen atoms in total. The van der Waals surface area contributed by atoms with Crippen LogP contribution in [0.1, 0.15) is 51.0 Å². The first-order chi connectivity index (χ1) is 10.6. The molecule has 1 aromatic rings. The number of unbranched alkanes of at least 4 members (excludes halogenated alkanes) is 5. The molecule has 0 spiro atoms. The van der Waals surface area contributed by atoms with Crippen LogP contribution >= 0.6 is 0 Å². The Morgan fingerprint density at radius 3 is 2.41 bits per heavy atom. The average molecular weight is 322 g/mol. The Bertz CT molecular complexity index is 604. The highest BCUT2D eigenvalue weighted by molar-refractivity contribution is 7.86. The van der Waals surface area contributed by atoms with Gasteiger partial charge in [0.15, 0.2) is 5.71 Å². The van der Waals surface area contributed by atoms with Crippen molar-refractivity contribution in [3.63, 3.8) is 0 Å². The molecular weight excluding hydrogens is 300 g/mol. The monoisotopic (exact) mass is 322 g/mol. The normalized spacial score (nSPS) is 11.9. The lowest BCUT2D eigenvalue weighted by Gasteiger charge is -2.03. The zero-order valence-corrected chi connectivity index (χ0v) is 13.7. The molecule has 1 rings (SSSR count). The molecule has 0 aromatic heterocycles. The van der Waals surface area contributed by atoms with Crippen molar-refractivity contribution in [2.45, 2.75) is 45.4 Å². The molecule has 0 radical (unpaired) electrons. The molecule has 1 aromatic carbocycles. The lowest BCUT2D eigenvalue weighted by molar-refractivity contribution is 0.338. The number of benzene rings is 1. The second-order valence-corrected chi connectivity index (χ2v) is 6.69. The van der Waals surface area contributed by atoms with Gasteiger partial charge in [-0.1, -0.05) is 74.5 Å². The third kappa shape index (κ3) is 7.23. The summed E-state index contributed by atoms with van der Waals surface area (Å²) in [5.74, 6) is -0.0733. The highest BCUT2D eigenvalue weighted by Gasteiger charge is 2.12. The standard InChI is InChI=1S/C16H22N2O3S/c1-2-3-4-5-6-10-13-22(19,20)21-18-16(14-17)15-11-8-7-9-12-15/h7-9,11-12H,2-6,10,13H2,1H3. The minimum atomic E-state index is -3.73. The number of nitrogens with zero attached hydrogens (tertiary/aromatic N) is 2.